The summed E-state index contributed by atoms with van der Waals surface area (Å²) in [5.74, 6) is 0.0340. The van der Waals surface area contributed by atoms with E-state index in [1.54, 1.807) is 0 Å². The molecular weight excluding hydrogens is 424 g/mol. The highest BCUT2D eigenvalue weighted by Crippen LogP contribution is 2.33. The molecule has 1 saturated carbocycles. The highest BCUT2D eigenvalue weighted by atomic mass is 16.5. The van der Waals surface area contributed by atoms with Crippen LogP contribution in [0.2, 0.25) is 0 Å². The summed E-state index contributed by atoms with van der Waals surface area (Å²) in [5.41, 5.74) is 2.88. The van der Waals surface area contributed by atoms with Crippen LogP contribution in [-0.4, -0.2) is 29.2 Å². The first-order chi connectivity index (χ1) is 16.7. The lowest BCUT2D eigenvalue weighted by Crippen LogP contribution is -2.31. The number of ether oxygens (including phenoxy) is 1. The van der Waals surface area contributed by atoms with Crippen molar-refractivity contribution in [2.45, 2.75) is 51.0 Å². The fourth-order valence-electron chi connectivity index (χ4n) is 5.12. The SMILES string of the molecule is O=C(CCC1CCCC1)OCC(=O)N1N=C(c2ccc3ccccc3c2)CC1c1ccccc1. The molecule has 5 rings (SSSR count). The number of carbonyl (C=O) groups is 2. The zero-order valence-electron chi connectivity index (χ0n) is 19.4. The molecule has 3 aromatic rings. The standard InChI is InChI=1S/C29H30N2O3/c32-28(20-34-29(33)17-14-21-8-4-5-9-21)31-27(23-11-2-1-3-12-23)19-26(30-31)25-16-15-22-10-6-7-13-24(22)18-25/h1-3,6-7,10-13,15-16,18,21,27H,4-5,8-9,14,17,19-20H2. The first-order valence-electron chi connectivity index (χ1n) is 12.3. The molecule has 1 aliphatic carbocycles. The van der Waals surface area contributed by atoms with Crippen LogP contribution in [0.4, 0.5) is 0 Å². The third-order valence-corrected chi connectivity index (χ3v) is 7.02. The Labute approximate surface area is 200 Å². The number of amides is 1. The lowest BCUT2D eigenvalue weighted by Gasteiger charge is -2.22. The van der Waals surface area contributed by atoms with Gasteiger partial charge in [-0.15, -0.1) is 0 Å². The number of rotatable bonds is 7. The number of hydrogen-bond acceptors (Lipinski definition) is 4. The van der Waals surface area contributed by atoms with Gasteiger partial charge in [0.05, 0.1) is 11.8 Å². The van der Waals surface area contributed by atoms with Gasteiger partial charge in [0.1, 0.15) is 0 Å². The molecule has 0 N–H and O–H groups in total. The number of hydrazone groups is 1. The highest BCUT2D eigenvalue weighted by Gasteiger charge is 2.33. The summed E-state index contributed by atoms with van der Waals surface area (Å²) in [6, 6.07) is 24.2. The molecule has 5 heteroatoms. The van der Waals surface area contributed by atoms with E-state index in [1.807, 2.05) is 42.5 Å². The predicted octanol–water partition coefficient (Wildman–Crippen LogP) is 6.03. The quantitative estimate of drug-likeness (QED) is 0.410. The molecular formula is C29H30N2O3. The summed E-state index contributed by atoms with van der Waals surface area (Å²) >= 11 is 0. The van der Waals surface area contributed by atoms with Gasteiger partial charge < -0.3 is 4.74 Å². The second kappa shape index (κ2) is 10.2. The molecule has 34 heavy (non-hydrogen) atoms. The van der Waals surface area contributed by atoms with Crippen molar-refractivity contribution in [2.24, 2.45) is 11.0 Å². The van der Waals surface area contributed by atoms with Crippen LogP contribution in [0.5, 0.6) is 0 Å². The summed E-state index contributed by atoms with van der Waals surface area (Å²) in [5, 5.41) is 8.53. The molecule has 1 aliphatic heterocycles. The van der Waals surface area contributed by atoms with Crippen LogP contribution in [0, 0.1) is 5.92 Å². The third kappa shape index (κ3) is 5.04. The Balaban J connectivity index is 1.30. The molecule has 0 saturated heterocycles. The zero-order valence-corrected chi connectivity index (χ0v) is 19.4. The van der Waals surface area contributed by atoms with E-state index in [-0.39, 0.29) is 24.5 Å². The molecule has 0 spiro atoms. The smallest absolute Gasteiger partial charge is 0.306 e. The Morgan fingerprint density at radius 2 is 1.65 bits per heavy atom. The van der Waals surface area contributed by atoms with Crippen molar-refractivity contribution in [3.8, 4) is 0 Å². The van der Waals surface area contributed by atoms with E-state index in [2.05, 4.69) is 30.3 Å². The summed E-state index contributed by atoms with van der Waals surface area (Å²) < 4.78 is 5.36. The maximum absolute atomic E-state index is 13.1. The largest absolute Gasteiger partial charge is 0.455 e. The first-order valence-corrected chi connectivity index (χ1v) is 12.3. The number of nitrogens with zero attached hydrogens (tertiary/aromatic N) is 2. The minimum atomic E-state index is -0.297. The molecule has 1 heterocycles. The van der Waals surface area contributed by atoms with Crippen molar-refractivity contribution in [2.75, 3.05) is 6.61 Å². The predicted molar refractivity (Wildman–Crippen MR) is 133 cm³/mol. The lowest BCUT2D eigenvalue weighted by molar-refractivity contribution is -0.153. The van der Waals surface area contributed by atoms with E-state index in [1.165, 1.54) is 36.1 Å². The Hall–Kier alpha value is -3.47. The monoisotopic (exact) mass is 454 g/mol. The van der Waals surface area contributed by atoms with Gasteiger partial charge >= 0.3 is 5.97 Å². The van der Waals surface area contributed by atoms with Crippen LogP contribution in [0.25, 0.3) is 10.8 Å². The molecule has 0 radical (unpaired) electrons. The molecule has 3 aromatic carbocycles. The van der Waals surface area contributed by atoms with Gasteiger partial charge in [0, 0.05) is 12.8 Å². The van der Waals surface area contributed by atoms with Gasteiger partial charge in [-0.05, 0) is 40.3 Å². The van der Waals surface area contributed by atoms with E-state index in [0.29, 0.717) is 18.8 Å². The minimum Gasteiger partial charge on any atom is -0.455 e. The molecule has 0 bridgehead atoms. The molecule has 1 unspecified atom stereocenters. The van der Waals surface area contributed by atoms with Crippen molar-refractivity contribution < 1.29 is 14.3 Å². The summed E-state index contributed by atoms with van der Waals surface area (Å²) in [4.78, 5) is 25.4. The molecule has 174 valence electrons. The topological polar surface area (TPSA) is 59.0 Å². The fraction of sp³-hybridized carbons (Fsp3) is 0.345. The molecule has 0 aromatic heterocycles. The van der Waals surface area contributed by atoms with Crippen LogP contribution >= 0.6 is 0 Å². The van der Waals surface area contributed by atoms with Crippen LogP contribution in [-0.2, 0) is 14.3 Å². The van der Waals surface area contributed by atoms with E-state index in [4.69, 9.17) is 9.84 Å². The molecule has 1 atom stereocenters. The van der Waals surface area contributed by atoms with Gasteiger partial charge in [-0.3, -0.25) is 9.59 Å². The van der Waals surface area contributed by atoms with Crippen LogP contribution < -0.4 is 0 Å². The second-order valence-electron chi connectivity index (χ2n) is 9.33. The second-order valence-corrected chi connectivity index (χ2v) is 9.33. The van der Waals surface area contributed by atoms with E-state index in [0.717, 1.165) is 28.6 Å². The minimum absolute atomic E-state index is 0.215. The molecule has 1 fully saturated rings. The number of fused-ring (bicyclic) bond motifs is 1. The summed E-state index contributed by atoms with van der Waals surface area (Å²) in [7, 11) is 0. The molecule has 1 amide bonds. The number of esters is 1. The zero-order chi connectivity index (χ0) is 23.3. The van der Waals surface area contributed by atoms with Gasteiger partial charge in [0.2, 0.25) is 0 Å². The summed E-state index contributed by atoms with van der Waals surface area (Å²) in [6.07, 6.45) is 6.76. The summed E-state index contributed by atoms with van der Waals surface area (Å²) in [6.45, 7) is -0.276. The molecule has 2 aliphatic rings. The average molecular weight is 455 g/mol. The number of carbonyl (C=O) groups excluding carboxylic acids is 2. The Morgan fingerprint density at radius 1 is 0.912 bits per heavy atom. The van der Waals surface area contributed by atoms with Gasteiger partial charge in [-0.2, -0.15) is 5.10 Å². The average Bonchev–Trinajstić information content (AvgIpc) is 3.57. The Morgan fingerprint density at radius 3 is 2.44 bits per heavy atom. The fourth-order valence-corrected chi connectivity index (χ4v) is 5.12. The maximum Gasteiger partial charge on any atom is 0.306 e. The van der Waals surface area contributed by atoms with Crippen molar-refractivity contribution in [3.63, 3.8) is 0 Å². The van der Waals surface area contributed by atoms with Gasteiger partial charge in [0.25, 0.3) is 5.91 Å². The van der Waals surface area contributed by atoms with Crippen LogP contribution in [0.15, 0.2) is 77.9 Å². The van der Waals surface area contributed by atoms with Gasteiger partial charge in [-0.25, -0.2) is 5.01 Å². The van der Waals surface area contributed by atoms with Gasteiger partial charge in [-0.1, -0.05) is 92.4 Å². The molecule has 5 nitrogen and oxygen atoms in total. The van der Waals surface area contributed by atoms with Crippen LogP contribution in [0.3, 0.4) is 0 Å². The first kappa shape index (κ1) is 22.3. The number of benzene rings is 3. The van der Waals surface area contributed by atoms with Crippen LogP contribution in [0.1, 0.15) is 62.1 Å². The highest BCUT2D eigenvalue weighted by molar-refractivity contribution is 6.05. The Kier molecular flexibility index (Phi) is 6.70. The maximum atomic E-state index is 13.1. The van der Waals surface area contributed by atoms with Crippen molar-refractivity contribution in [1.29, 1.82) is 0 Å². The van der Waals surface area contributed by atoms with E-state index < -0.39 is 0 Å². The van der Waals surface area contributed by atoms with Crippen molar-refractivity contribution in [1.82, 2.24) is 5.01 Å². The third-order valence-electron chi connectivity index (χ3n) is 7.02. The van der Waals surface area contributed by atoms with Gasteiger partial charge in [0.15, 0.2) is 6.61 Å². The Bertz CT molecular complexity index is 1200. The van der Waals surface area contributed by atoms with E-state index in [9.17, 15) is 9.59 Å². The normalized spacial score (nSPS) is 18.3. The lowest BCUT2D eigenvalue weighted by atomic mass is 9.97. The number of hydrogen-bond donors (Lipinski definition) is 0. The van der Waals surface area contributed by atoms with Crippen molar-refractivity contribution in [3.05, 3.63) is 83.9 Å². The van der Waals surface area contributed by atoms with E-state index >= 15 is 0 Å². The van der Waals surface area contributed by atoms with Crippen molar-refractivity contribution >= 4 is 28.4 Å².